The molecule has 1 aliphatic heterocycles. The Morgan fingerprint density at radius 1 is 1.25 bits per heavy atom. The molecular weight excluding hydrogens is 306 g/mol. The topological polar surface area (TPSA) is 63.5 Å². The number of rotatable bonds is 4. The van der Waals surface area contributed by atoms with Crippen molar-refractivity contribution in [2.45, 2.75) is 13.8 Å². The zero-order valence-electron chi connectivity index (χ0n) is 14.4. The lowest BCUT2D eigenvalue weighted by atomic mass is 10.3. The van der Waals surface area contributed by atoms with Crippen LogP contribution in [0.4, 0.5) is 5.95 Å². The fourth-order valence-corrected chi connectivity index (χ4v) is 2.84. The number of anilines is 1. The molecule has 1 aliphatic rings. The van der Waals surface area contributed by atoms with Gasteiger partial charge in [-0.1, -0.05) is 0 Å². The second-order valence-electron chi connectivity index (χ2n) is 5.86. The van der Waals surface area contributed by atoms with Crippen molar-refractivity contribution >= 4 is 11.9 Å². The highest BCUT2D eigenvalue weighted by Crippen LogP contribution is 2.18. The molecule has 2 aromatic heterocycles. The van der Waals surface area contributed by atoms with Crippen LogP contribution in [0.3, 0.4) is 0 Å². The first-order valence-corrected chi connectivity index (χ1v) is 8.22. The van der Waals surface area contributed by atoms with Gasteiger partial charge in [-0.2, -0.15) is 4.98 Å². The normalized spacial score (nSPS) is 14.8. The Morgan fingerprint density at radius 3 is 2.62 bits per heavy atom. The Bertz CT molecular complexity index is 720. The van der Waals surface area contributed by atoms with Crippen molar-refractivity contribution in [2.24, 2.45) is 7.05 Å². The number of amides is 1. The molecule has 2 aromatic rings. The molecular formula is C17H23N5O2. The number of ether oxygens (including phenoxy) is 1. The molecule has 0 radical (unpaired) electrons. The zero-order valence-corrected chi connectivity index (χ0v) is 14.4. The lowest BCUT2D eigenvalue weighted by molar-refractivity contribution is 0.0736. The highest BCUT2D eigenvalue weighted by Gasteiger charge is 2.25. The van der Waals surface area contributed by atoms with Gasteiger partial charge in [-0.3, -0.25) is 4.79 Å². The van der Waals surface area contributed by atoms with Gasteiger partial charge in [0, 0.05) is 51.2 Å². The van der Waals surface area contributed by atoms with Crippen LogP contribution in [-0.4, -0.2) is 58.1 Å². The van der Waals surface area contributed by atoms with Crippen molar-refractivity contribution in [2.75, 3.05) is 37.7 Å². The second-order valence-corrected chi connectivity index (χ2v) is 5.86. The molecule has 3 rings (SSSR count). The molecule has 1 saturated heterocycles. The van der Waals surface area contributed by atoms with Crippen LogP contribution in [0.25, 0.3) is 0 Å². The van der Waals surface area contributed by atoms with Crippen LogP contribution in [-0.2, 0) is 7.05 Å². The van der Waals surface area contributed by atoms with E-state index in [1.54, 1.807) is 0 Å². The molecule has 3 heterocycles. The van der Waals surface area contributed by atoms with Gasteiger partial charge in [-0.15, -0.1) is 0 Å². The van der Waals surface area contributed by atoms with Crippen LogP contribution in [0.2, 0.25) is 0 Å². The Labute approximate surface area is 141 Å². The summed E-state index contributed by atoms with van der Waals surface area (Å²) in [5.41, 5.74) is 1.60. The summed E-state index contributed by atoms with van der Waals surface area (Å²) >= 11 is 0. The van der Waals surface area contributed by atoms with E-state index in [2.05, 4.69) is 14.9 Å². The molecule has 128 valence electrons. The van der Waals surface area contributed by atoms with Crippen molar-refractivity contribution < 1.29 is 9.53 Å². The zero-order chi connectivity index (χ0) is 17.1. The van der Waals surface area contributed by atoms with Crippen LogP contribution < -0.4 is 9.64 Å². The summed E-state index contributed by atoms with van der Waals surface area (Å²) < 4.78 is 7.35. The smallest absolute Gasteiger partial charge is 0.270 e. The minimum atomic E-state index is 0.0716. The van der Waals surface area contributed by atoms with Crippen LogP contribution in [0, 0.1) is 6.92 Å². The van der Waals surface area contributed by atoms with E-state index in [4.69, 9.17) is 4.74 Å². The number of hydrogen-bond donors (Lipinski definition) is 0. The summed E-state index contributed by atoms with van der Waals surface area (Å²) in [7, 11) is 1.89. The third kappa shape index (κ3) is 3.34. The lowest BCUT2D eigenvalue weighted by Crippen LogP contribution is -2.49. The molecule has 24 heavy (non-hydrogen) atoms. The Morgan fingerprint density at radius 2 is 2.00 bits per heavy atom. The molecule has 0 spiro atoms. The van der Waals surface area contributed by atoms with E-state index in [9.17, 15) is 4.79 Å². The molecule has 7 heteroatoms. The molecule has 0 aliphatic carbocycles. The molecule has 0 aromatic carbocycles. The number of aromatic nitrogens is 3. The molecule has 1 fully saturated rings. The average molecular weight is 329 g/mol. The summed E-state index contributed by atoms with van der Waals surface area (Å²) in [4.78, 5) is 25.5. The first kappa shape index (κ1) is 16.3. The monoisotopic (exact) mass is 329 g/mol. The SMILES string of the molecule is CCOc1cc(C)nc(N2CCN(C(=O)c3cccn3C)CC2)n1. The van der Waals surface area contributed by atoms with E-state index in [0.717, 1.165) is 5.69 Å². The fourth-order valence-electron chi connectivity index (χ4n) is 2.84. The van der Waals surface area contributed by atoms with Gasteiger partial charge >= 0.3 is 0 Å². The number of aryl methyl sites for hydroxylation is 2. The Kier molecular flexibility index (Phi) is 4.69. The Hall–Kier alpha value is -2.57. The minimum absolute atomic E-state index is 0.0716. The maximum atomic E-state index is 12.6. The Balaban J connectivity index is 1.67. The first-order valence-electron chi connectivity index (χ1n) is 8.22. The van der Waals surface area contributed by atoms with Crippen molar-refractivity contribution in [3.05, 3.63) is 35.8 Å². The third-order valence-corrected chi connectivity index (χ3v) is 4.12. The predicted molar refractivity (Wildman–Crippen MR) is 91.5 cm³/mol. The number of hydrogen-bond acceptors (Lipinski definition) is 5. The van der Waals surface area contributed by atoms with Crippen molar-refractivity contribution in [3.8, 4) is 5.88 Å². The van der Waals surface area contributed by atoms with E-state index in [1.807, 2.05) is 54.8 Å². The molecule has 7 nitrogen and oxygen atoms in total. The summed E-state index contributed by atoms with van der Waals surface area (Å²) in [6.07, 6.45) is 1.89. The van der Waals surface area contributed by atoms with Gasteiger partial charge in [0.25, 0.3) is 5.91 Å². The van der Waals surface area contributed by atoms with E-state index >= 15 is 0 Å². The highest BCUT2D eigenvalue weighted by molar-refractivity contribution is 5.92. The third-order valence-electron chi connectivity index (χ3n) is 4.12. The van der Waals surface area contributed by atoms with Gasteiger partial charge in [0.15, 0.2) is 0 Å². The summed E-state index contributed by atoms with van der Waals surface area (Å²) in [5.74, 6) is 1.34. The van der Waals surface area contributed by atoms with Gasteiger partial charge in [0.05, 0.1) is 6.61 Å². The van der Waals surface area contributed by atoms with E-state index in [1.165, 1.54) is 0 Å². The molecule has 0 unspecified atom stereocenters. The van der Waals surface area contributed by atoms with Crippen molar-refractivity contribution in [1.82, 2.24) is 19.4 Å². The lowest BCUT2D eigenvalue weighted by Gasteiger charge is -2.34. The molecule has 0 N–H and O–H groups in total. The molecule has 0 atom stereocenters. The second kappa shape index (κ2) is 6.90. The van der Waals surface area contributed by atoms with Crippen molar-refractivity contribution in [3.63, 3.8) is 0 Å². The van der Waals surface area contributed by atoms with Gasteiger partial charge in [-0.05, 0) is 26.0 Å². The van der Waals surface area contributed by atoms with Crippen molar-refractivity contribution in [1.29, 1.82) is 0 Å². The van der Waals surface area contributed by atoms with Gasteiger partial charge < -0.3 is 19.1 Å². The number of nitrogens with zero attached hydrogens (tertiary/aromatic N) is 5. The minimum Gasteiger partial charge on any atom is -0.478 e. The highest BCUT2D eigenvalue weighted by atomic mass is 16.5. The van der Waals surface area contributed by atoms with Gasteiger partial charge in [-0.25, -0.2) is 4.98 Å². The standard InChI is InChI=1S/C17H23N5O2/c1-4-24-15-12-13(2)18-17(19-15)22-10-8-21(9-11-22)16(23)14-6-5-7-20(14)3/h5-7,12H,4,8-11H2,1-3H3. The van der Waals surface area contributed by atoms with E-state index in [-0.39, 0.29) is 5.91 Å². The number of carbonyl (C=O) groups excluding carboxylic acids is 1. The number of piperazine rings is 1. The first-order chi connectivity index (χ1) is 11.6. The van der Waals surface area contributed by atoms with Crippen LogP contribution >= 0.6 is 0 Å². The van der Waals surface area contributed by atoms with Crippen LogP contribution in [0.15, 0.2) is 24.4 Å². The predicted octanol–water partition coefficient (Wildman–Crippen LogP) is 1.48. The summed E-state index contributed by atoms with van der Waals surface area (Å²) in [6, 6.07) is 5.58. The molecule has 0 saturated carbocycles. The van der Waals surface area contributed by atoms with Crippen LogP contribution in [0.5, 0.6) is 5.88 Å². The summed E-state index contributed by atoms with van der Waals surface area (Å²) in [6.45, 7) is 7.19. The fraction of sp³-hybridized carbons (Fsp3) is 0.471. The molecule has 0 bridgehead atoms. The quantitative estimate of drug-likeness (QED) is 0.850. The van der Waals surface area contributed by atoms with E-state index < -0.39 is 0 Å². The van der Waals surface area contributed by atoms with Gasteiger partial charge in [0.1, 0.15) is 5.69 Å². The summed E-state index contributed by atoms with van der Waals surface area (Å²) in [5, 5.41) is 0. The van der Waals surface area contributed by atoms with E-state index in [0.29, 0.717) is 50.3 Å². The average Bonchev–Trinajstić information content (AvgIpc) is 3.00. The van der Waals surface area contributed by atoms with Gasteiger partial charge in [0.2, 0.25) is 11.8 Å². The maximum absolute atomic E-state index is 12.6. The largest absolute Gasteiger partial charge is 0.478 e. The maximum Gasteiger partial charge on any atom is 0.270 e. The molecule has 1 amide bonds. The number of carbonyl (C=O) groups is 1. The van der Waals surface area contributed by atoms with Crippen LogP contribution in [0.1, 0.15) is 23.1 Å².